The average molecular weight is 393 g/mol. The summed E-state index contributed by atoms with van der Waals surface area (Å²) in [4.78, 5) is 11.6. The molecule has 0 aliphatic heterocycles. The molecule has 1 aliphatic carbocycles. The second-order valence-corrected chi connectivity index (χ2v) is 13.6. The largest absolute Gasteiger partial charge is 0.474 e. The number of carbonyl (C=O) groups is 1. The molecule has 1 aromatic heterocycles. The number of hydrogen-bond acceptors (Lipinski definition) is 3. The van der Waals surface area contributed by atoms with Crippen LogP contribution in [0, 0.1) is 5.92 Å². The first kappa shape index (κ1) is 22.3. The third-order valence-corrected chi connectivity index (χ3v) is 12.3. The van der Waals surface area contributed by atoms with Crippen molar-refractivity contribution < 1.29 is 13.9 Å². The van der Waals surface area contributed by atoms with Crippen LogP contribution in [0.4, 0.5) is 0 Å². The summed E-state index contributed by atoms with van der Waals surface area (Å²) in [5.41, 5.74) is 1.06. The fourth-order valence-corrected chi connectivity index (χ4v) is 8.13. The summed E-state index contributed by atoms with van der Waals surface area (Å²) >= 11 is 0. The van der Waals surface area contributed by atoms with Gasteiger partial charge in [-0.3, -0.25) is 4.79 Å². The van der Waals surface area contributed by atoms with Crippen LogP contribution in [0.2, 0.25) is 18.1 Å². The van der Waals surface area contributed by atoms with Gasteiger partial charge in [0.15, 0.2) is 0 Å². The summed E-state index contributed by atoms with van der Waals surface area (Å²) in [6, 6.07) is 5.81. The molecule has 0 N–H and O–H groups in total. The highest BCUT2D eigenvalue weighted by Gasteiger charge is 2.33. The molecule has 1 saturated carbocycles. The zero-order chi connectivity index (χ0) is 19.7. The Kier molecular flexibility index (Phi) is 9.14. The molecule has 1 fully saturated rings. The molecule has 1 heterocycles. The lowest BCUT2D eigenvalue weighted by Gasteiger charge is -2.24. The van der Waals surface area contributed by atoms with E-state index in [2.05, 4.69) is 26.8 Å². The minimum Gasteiger partial charge on any atom is -0.474 e. The molecule has 0 amide bonds. The molecular weight excluding hydrogens is 352 g/mol. The Labute approximate surface area is 167 Å². The number of carbonyl (C=O) groups excluding carboxylic acids is 1. The van der Waals surface area contributed by atoms with Gasteiger partial charge in [0.2, 0.25) is 0 Å². The van der Waals surface area contributed by atoms with Crippen molar-refractivity contribution in [3.05, 3.63) is 17.9 Å². The molecule has 1 aromatic rings. The Morgan fingerprint density at radius 2 is 1.81 bits per heavy atom. The number of rotatable bonds is 12. The first-order chi connectivity index (χ1) is 13.0. The molecule has 0 radical (unpaired) electrons. The third kappa shape index (κ3) is 6.23. The number of furan rings is 1. The molecule has 154 valence electrons. The molecular formula is C23H40O3Si. The summed E-state index contributed by atoms with van der Waals surface area (Å²) in [6.07, 6.45) is 13.4. The highest BCUT2D eigenvalue weighted by Crippen LogP contribution is 2.31. The Hall–Kier alpha value is -1.03. The first-order valence-electron chi connectivity index (χ1n) is 11.3. The summed E-state index contributed by atoms with van der Waals surface area (Å²) in [5, 5.41) is 1.18. The van der Waals surface area contributed by atoms with Crippen molar-refractivity contribution in [1.29, 1.82) is 0 Å². The zero-order valence-corrected chi connectivity index (χ0v) is 19.0. The van der Waals surface area contributed by atoms with Crippen LogP contribution in [-0.2, 0) is 9.53 Å². The summed E-state index contributed by atoms with van der Waals surface area (Å²) in [5.74, 6) is 0.777. The molecule has 0 bridgehead atoms. The molecule has 1 aliphatic rings. The van der Waals surface area contributed by atoms with Crippen LogP contribution >= 0.6 is 0 Å². The smallest absolute Gasteiger partial charge is 0.303 e. The monoisotopic (exact) mass is 392 g/mol. The van der Waals surface area contributed by atoms with Gasteiger partial charge in [0, 0.05) is 12.5 Å². The lowest BCUT2D eigenvalue weighted by atomic mass is 9.98. The number of hydrogen-bond donors (Lipinski definition) is 0. The van der Waals surface area contributed by atoms with E-state index in [9.17, 15) is 4.79 Å². The fourth-order valence-electron chi connectivity index (χ4n) is 4.80. The number of ether oxygens (including phenoxy) is 1. The normalized spacial score (nSPS) is 16.6. The van der Waals surface area contributed by atoms with E-state index >= 15 is 0 Å². The second kappa shape index (κ2) is 11.1. The minimum absolute atomic E-state index is 0.149. The lowest BCUT2D eigenvalue weighted by molar-refractivity contribution is -0.147. The van der Waals surface area contributed by atoms with Crippen LogP contribution in [0.3, 0.4) is 0 Å². The molecule has 0 saturated heterocycles. The molecule has 1 unspecified atom stereocenters. The molecule has 1 atom stereocenters. The first-order valence-corrected chi connectivity index (χ1v) is 13.9. The van der Waals surface area contributed by atoms with E-state index in [1.165, 1.54) is 75.4 Å². The van der Waals surface area contributed by atoms with Gasteiger partial charge >= 0.3 is 5.97 Å². The van der Waals surface area contributed by atoms with Crippen LogP contribution in [0.15, 0.2) is 16.7 Å². The molecule has 0 aromatic carbocycles. The second-order valence-electron chi connectivity index (χ2n) is 8.47. The van der Waals surface area contributed by atoms with E-state index in [0.717, 1.165) is 24.3 Å². The summed E-state index contributed by atoms with van der Waals surface area (Å²) in [6.45, 7) is 8.37. The summed E-state index contributed by atoms with van der Waals surface area (Å²) < 4.78 is 11.7. The van der Waals surface area contributed by atoms with E-state index < -0.39 is 8.07 Å². The standard InChI is InChI=1S/C23H40O3Si/c1-5-27(6-2,7-3)23-17-21(18-25-23)22(26-19(4)24)16-10-8-9-13-20-14-11-12-15-20/h17-18,20,22H,5-16H2,1-4H3. The van der Waals surface area contributed by atoms with Crippen molar-refractivity contribution in [2.24, 2.45) is 5.92 Å². The quantitative estimate of drug-likeness (QED) is 0.225. The Morgan fingerprint density at radius 1 is 1.15 bits per heavy atom. The lowest BCUT2D eigenvalue weighted by Crippen LogP contribution is -2.44. The van der Waals surface area contributed by atoms with Crippen molar-refractivity contribution >= 4 is 19.4 Å². The maximum absolute atomic E-state index is 11.6. The van der Waals surface area contributed by atoms with Crippen LogP contribution in [0.1, 0.15) is 97.1 Å². The molecule has 0 spiro atoms. The highest BCUT2D eigenvalue weighted by molar-refractivity contribution is 6.90. The van der Waals surface area contributed by atoms with E-state index in [-0.39, 0.29) is 12.1 Å². The fraction of sp³-hybridized carbons (Fsp3) is 0.783. The Morgan fingerprint density at radius 3 is 2.41 bits per heavy atom. The van der Waals surface area contributed by atoms with Crippen LogP contribution in [-0.4, -0.2) is 14.0 Å². The van der Waals surface area contributed by atoms with Crippen molar-refractivity contribution in [2.75, 3.05) is 0 Å². The Bertz CT molecular complexity index is 547. The van der Waals surface area contributed by atoms with Gasteiger partial charge in [-0.1, -0.05) is 83.8 Å². The maximum atomic E-state index is 11.6. The van der Waals surface area contributed by atoms with Crippen molar-refractivity contribution in [2.45, 2.75) is 110 Å². The van der Waals surface area contributed by atoms with Crippen molar-refractivity contribution in [3.63, 3.8) is 0 Å². The predicted molar refractivity (Wildman–Crippen MR) is 115 cm³/mol. The van der Waals surface area contributed by atoms with Gasteiger partial charge < -0.3 is 9.15 Å². The molecule has 2 rings (SSSR count). The van der Waals surface area contributed by atoms with Crippen LogP contribution in [0.25, 0.3) is 0 Å². The van der Waals surface area contributed by atoms with E-state index in [4.69, 9.17) is 9.15 Å². The van der Waals surface area contributed by atoms with Gasteiger partial charge in [-0.05, 0) is 24.8 Å². The van der Waals surface area contributed by atoms with Crippen LogP contribution in [0.5, 0.6) is 0 Å². The molecule has 4 heteroatoms. The zero-order valence-electron chi connectivity index (χ0n) is 18.0. The predicted octanol–water partition coefficient (Wildman–Crippen LogP) is 6.74. The molecule has 27 heavy (non-hydrogen) atoms. The van der Waals surface area contributed by atoms with Gasteiger partial charge in [0.25, 0.3) is 0 Å². The van der Waals surface area contributed by atoms with Crippen LogP contribution < -0.4 is 5.38 Å². The van der Waals surface area contributed by atoms with Crippen molar-refractivity contribution in [3.8, 4) is 0 Å². The minimum atomic E-state index is -1.52. The maximum Gasteiger partial charge on any atom is 0.303 e. The van der Waals surface area contributed by atoms with E-state index in [0.29, 0.717) is 0 Å². The summed E-state index contributed by atoms with van der Waals surface area (Å²) in [7, 11) is -1.52. The van der Waals surface area contributed by atoms with Gasteiger partial charge in [-0.15, -0.1) is 0 Å². The van der Waals surface area contributed by atoms with Gasteiger partial charge in [-0.2, -0.15) is 0 Å². The van der Waals surface area contributed by atoms with Gasteiger partial charge in [0.05, 0.1) is 11.6 Å². The molecule has 3 nitrogen and oxygen atoms in total. The van der Waals surface area contributed by atoms with Crippen molar-refractivity contribution in [1.82, 2.24) is 0 Å². The number of esters is 1. The van der Waals surface area contributed by atoms with E-state index in [1.54, 1.807) is 0 Å². The Balaban J connectivity index is 1.92. The topological polar surface area (TPSA) is 39.4 Å². The SMILES string of the molecule is CC[Si](CC)(CC)c1cc(C(CCCCCC2CCCC2)OC(C)=O)co1. The average Bonchev–Trinajstić information content (AvgIpc) is 3.34. The highest BCUT2D eigenvalue weighted by atomic mass is 28.3. The van der Waals surface area contributed by atoms with Gasteiger partial charge in [0.1, 0.15) is 14.2 Å². The van der Waals surface area contributed by atoms with E-state index in [1.807, 2.05) is 6.26 Å². The number of unbranched alkanes of at least 4 members (excludes halogenated alkanes) is 2. The third-order valence-electron chi connectivity index (χ3n) is 6.91. The van der Waals surface area contributed by atoms with Gasteiger partial charge in [-0.25, -0.2) is 0 Å².